The summed E-state index contributed by atoms with van der Waals surface area (Å²) >= 11 is 0. The lowest BCUT2D eigenvalue weighted by molar-refractivity contribution is -0.148. The van der Waals surface area contributed by atoms with Crippen molar-refractivity contribution in [2.45, 2.75) is 88.8 Å². The molecule has 2 fully saturated rings. The molecule has 432 valence electrons. The number of alkyl carbamates (subject to hydrolysis) is 1. The van der Waals surface area contributed by atoms with Gasteiger partial charge >= 0.3 is 41.9 Å². The predicted octanol–water partition coefficient (Wildman–Crippen LogP) is 1.59. The van der Waals surface area contributed by atoms with E-state index in [2.05, 4.69) is 27.3 Å². The minimum Gasteiger partial charge on any atom is -0.481 e. The van der Waals surface area contributed by atoms with E-state index in [9.17, 15) is 73.5 Å². The van der Waals surface area contributed by atoms with Crippen LogP contribution in [0.2, 0.25) is 0 Å². The Morgan fingerprint density at radius 2 is 1.05 bits per heavy atom. The Kier molecular flexibility index (Phi) is 25.1. The molecule has 1 heterocycles. The molecule has 1 aliphatic carbocycles. The molecule has 25 heteroatoms. The predicted molar refractivity (Wildman–Crippen MR) is 285 cm³/mol. The SMILES string of the molecule is O=C(O)CCC[C@@H](OC(=O)N[C@@H](CCCCNC(=O)[C@H](Cc1c2ccccc2cc2ccccc12)NC(=O)[C@H]1CC[C@H](CNC(=O)CN2CCN(CC(=O)O)CCN(CC(=O)O)CCN(CC(=O)O)CC2)CC1)C(=O)O)C(=O)O. The van der Waals surface area contributed by atoms with Crippen molar-refractivity contribution in [3.8, 4) is 0 Å². The first kappa shape index (κ1) is 62.4. The zero-order valence-electron chi connectivity index (χ0n) is 44.2. The van der Waals surface area contributed by atoms with Crippen LogP contribution in [0.5, 0.6) is 0 Å². The number of carboxylic acids is 6. The third kappa shape index (κ3) is 21.7. The van der Waals surface area contributed by atoms with E-state index in [4.69, 9.17) is 9.84 Å². The molecule has 0 aromatic heterocycles. The van der Waals surface area contributed by atoms with Gasteiger partial charge < -0.3 is 56.6 Å². The molecule has 0 radical (unpaired) electrons. The molecule has 4 amide bonds. The summed E-state index contributed by atoms with van der Waals surface area (Å²) in [5.41, 5.74) is 0.857. The Morgan fingerprint density at radius 1 is 0.544 bits per heavy atom. The zero-order chi connectivity index (χ0) is 57.4. The van der Waals surface area contributed by atoms with Crippen molar-refractivity contribution in [1.82, 2.24) is 40.9 Å². The molecule has 3 aromatic carbocycles. The Bertz CT molecular complexity index is 2530. The van der Waals surface area contributed by atoms with E-state index in [1.54, 1.807) is 14.7 Å². The fourth-order valence-corrected chi connectivity index (χ4v) is 10.0. The summed E-state index contributed by atoms with van der Waals surface area (Å²) < 4.78 is 4.88. The van der Waals surface area contributed by atoms with Crippen LogP contribution in [0.15, 0.2) is 54.6 Å². The van der Waals surface area contributed by atoms with Crippen LogP contribution in [-0.4, -0.2) is 220 Å². The van der Waals surface area contributed by atoms with E-state index in [1.165, 1.54) is 0 Å². The third-order valence-corrected chi connectivity index (χ3v) is 14.3. The van der Waals surface area contributed by atoms with Gasteiger partial charge in [0.1, 0.15) is 12.1 Å². The molecule has 0 bridgehead atoms. The molecule has 1 saturated heterocycles. The Balaban J connectivity index is 1.17. The third-order valence-electron chi connectivity index (χ3n) is 14.3. The molecule has 3 atom stereocenters. The topological polar surface area (TPSA) is 362 Å². The lowest BCUT2D eigenvalue weighted by Gasteiger charge is -2.33. The molecule has 1 saturated carbocycles. The summed E-state index contributed by atoms with van der Waals surface area (Å²) in [4.78, 5) is 130. The van der Waals surface area contributed by atoms with Gasteiger partial charge in [0.05, 0.1) is 26.2 Å². The maximum atomic E-state index is 14.2. The number of ether oxygens (including phenoxy) is 1. The monoisotopic (exact) mass is 1110 g/mol. The quantitative estimate of drug-likeness (QED) is 0.0364. The van der Waals surface area contributed by atoms with Gasteiger partial charge in [0.2, 0.25) is 23.8 Å². The van der Waals surface area contributed by atoms with E-state index in [1.807, 2.05) is 53.4 Å². The number of amides is 4. The summed E-state index contributed by atoms with van der Waals surface area (Å²) in [7, 11) is 0. The van der Waals surface area contributed by atoms with Gasteiger partial charge in [-0.3, -0.25) is 53.2 Å². The molecule has 1 aliphatic heterocycles. The standard InChI is InChI=1S/C54H74N8O17/c63-45(31-59-20-22-60(32-47(66)67)24-26-62(34-49(70)71)27-25-61(23-21-59)33-48(68)69)56-30-35-15-17-36(18-16-35)50(72)57-43(29-41-39-10-3-1-8-37(39)28-38-9-2-4-11-40(38)41)51(73)55-19-6-5-12-42(52(74)75)58-54(78)79-44(53(76)77)13-7-14-46(64)65/h1-4,8-11,28,35-36,42-44H,5-7,12-27,29-34H2,(H,55,73)(H,56,63)(H,57,72)(H,58,78)(H,64,65)(H,66,67)(H,68,69)(H,70,71)(H,74,75)(H,76,77)/t35-,36-,42-,43-,44+/m0/s1. The molecule has 25 nitrogen and oxygen atoms in total. The van der Waals surface area contributed by atoms with Gasteiger partial charge in [0, 0.05) is 84.2 Å². The first-order valence-corrected chi connectivity index (χ1v) is 26.7. The van der Waals surface area contributed by atoms with Crippen molar-refractivity contribution in [3.05, 3.63) is 60.2 Å². The lowest BCUT2D eigenvalue weighted by atomic mass is 9.81. The number of fused-ring (bicyclic) bond motifs is 2. The van der Waals surface area contributed by atoms with Crippen molar-refractivity contribution >= 4 is 81.2 Å². The number of hydrogen-bond donors (Lipinski definition) is 10. The zero-order valence-corrected chi connectivity index (χ0v) is 44.2. The molecule has 5 rings (SSSR count). The number of carboxylic acid groups (broad SMARTS) is 6. The number of aliphatic carboxylic acids is 6. The van der Waals surface area contributed by atoms with Crippen LogP contribution in [-0.2, 0) is 54.3 Å². The molecular formula is C54H74N8O17. The van der Waals surface area contributed by atoms with Gasteiger partial charge in [0.15, 0.2) is 0 Å². The summed E-state index contributed by atoms with van der Waals surface area (Å²) in [5, 5.41) is 71.4. The summed E-state index contributed by atoms with van der Waals surface area (Å²) in [6, 6.07) is 15.1. The van der Waals surface area contributed by atoms with Crippen molar-refractivity contribution in [2.75, 3.05) is 91.6 Å². The van der Waals surface area contributed by atoms with Crippen molar-refractivity contribution in [3.63, 3.8) is 0 Å². The van der Waals surface area contributed by atoms with E-state index < -0.39 is 71.9 Å². The second-order valence-corrected chi connectivity index (χ2v) is 20.2. The summed E-state index contributed by atoms with van der Waals surface area (Å²) in [6.07, 6.45) is -1.02. The maximum absolute atomic E-state index is 14.2. The molecule has 2 aliphatic rings. The average Bonchev–Trinajstić information content (AvgIpc) is 3.39. The fourth-order valence-electron chi connectivity index (χ4n) is 10.0. The highest BCUT2D eigenvalue weighted by atomic mass is 16.6. The molecule has 0 unspecified atom stereocenters. The second kappa shape index (κ2) is 31.8. The molecular weight excluding hydrogens is 1030 g/mol. The smallest absolute Gasteiger partial charge is 0.408 e. The molecule has 10 N–H and O–H groups in total. The second-order valence-electron chi connectivity index (χ2n) is 20.2. The average molecular weight is 1110 g/mol. The Hall–Kier alpha value is -7.48. The van der Waals surface area contributed by atoms with Gasteiger partial charge in [-0.05, 0) is 96.9 Å². The Labute approximate surface area is 456 Å². The van der Waals surface area contributed by atoms with E-state index >= 15 is 0 Å². The van der Waals surface area contributed by atoms with Gasteiger partial charge in [0.25, 0.3) is 0 Å². The molecule has 79 heavy (non-hydrogen) atoms. The van der Waals surface area contributed by atoms with Crippen LogP contribution >= 0.6 is 0 Å². The van der Waals surface area contributed by atoms with E-state index in [-0.39, 0.29) is 135 Å². The number of unbranched alkanes of at least 4 members (excludes halogenated alkanes) is 1. The van der Waals surface area contributed by atoms with E-state index in [0.717, 1.165) is 27.1 Å². The van der Waals surface area contributed by atoms with E-state index in [0.29, 0.717) is 45.3 Å². The number of rotatable bonds is 28. The summed E-state index contributed by atoms with van der Waals surface area (Å²) in [5.74, 6) is -8.68. The van der Waals surface area contributed by atoms with Crippen LogP contribution in [0.1, 0.15) is 69.8 Å². The van der Waals surface area contributed by atoms with Crippen LogP contribution < -0.4 is 21.3 Å². The fraction of sp³-hybridized carbons (Fsp3) is 0.556. The number of benzene rings is 3. The van der Waals surface area contributed by atoms with Crippen LogP contribution in [0, 0.1) is 11.8 Å². The van der Waals surface area contributed by atoms with Gasteiger partial charge in [-0.15, -0.1) is 0 Å². The van der Waals surface area contributed by atoms with Crippen LogP contribution in [0.4, 0.5) is 4.79 Å². The van der Waals surface area contributed by atoms with Crippen LogP contribution in [0.25, 0.3) is 21.5 Å². The lowest BCUT2D eigenvalue weighted by Crippen LogP contribution is -2.50. The number of carbonyl (C=O) groups is 10. The van der Waals surface area contributed by atoms with Gasteiger partial charge in [-0.2, -0.15) is 0 Å². The minimum absolute atomic E-state index is 0.0346. The number of carbonyl (C=O) groups excluding carboxylic acids is 4. The first-order chi connectivity index (χ1) is 37.7. The van der Waals surface area contributed by atoms with Crippen LogP contribution in [0.3, 0.4) is 0 Å². The van der Waals surface area contributed by atoms with Gasteiger partial charge in [-0.1, -0.05) is 48.5 Å². The highest BCUT2D eigenvalue weighted by Gasteiger charge is 2.32. The van der Waals surface area contributed by atoms with Crippen molar-refractivity contribution in [1.29, 1.82) is 0 Å². The van der Waals surface area contributed by atoms with Gasteiger partial charge in [-0.25, -0.2) is 14.4 Å². The van der Waals surface area contributed by atoms with Crippen molar-refractivity contribution < 1.29 is 83.3 Å². The number of hydrogen-bond acceptors (Lipinski definition) is 15. The minimum atomic E-state index is -1.69. The normalized spacial score (nSPS) is 18.4. The Morgan fingerprint density at radius 3 is 1.53 bits per heavy atom. The first-order valence-electron chi connectivity index (χ1n) is 26.7. The molecule has 3 aromatic rings. The largest absolute Gasteiger partial charge is 0.481 e. The summed E-state index contributed by atoms with van der Waals surface area (Å²) in [6.45, 7) is 1.64. The number of nitrogens with zero attached hydrogens (tertiary/aromatic N) is 4. The molecule has 0 spiro atoms. The maximum Gasteiger partial charge on any atom is 0.408 e. The highest BCUT2D eigenvalue weighted by molar-refractivity contribution is 6.03. The highest BCUT2D eigenvalue weighted by Crippen LogP contribution is 2.31. The van der Waals surface area contributed by atoms with Crippen molar-refractivity contribution in [2.24, 2.45) is 11.8 Å². The number of nitrogens with one attached hydrogen (secondary N) is 4.